The standard InChI is InChI=1S/C20H20N6O3/c1-3-20(10-8-15(27)23-18(20)29)13-4-6-14(7-5-13)22-17(28)16-24-19-21-11-9-12(2)26(19)25-16/h4-7,9,11H,3,8,10H2,1-2H3,(H,22,28)(H,23,27,29). The van der Waals surface area contributed by atoms with Crippen molar-refractivity contribution in [3.8, 4) is 0 Å². The van der Waals surface area contributed by atoms with Gasteiger partial charge in [0.25, 0.3) is 11.7 Å². The van der Waals surface area contributed by atoms with E-state index in [0.29, 0.717) is 30.7 Å². The van der Waals surface area contributed by atoms with Crippen molar-refractivity contribution in [2.24, 2.45) is 0 Å². The van der Waals surface area contributed by atoms with Gasteiger partial charge in [0.15, 0.2) is 0 Å². The zero-order valence-electron chi connectivity index (χ0n) is 16.1. The molecule has 1 aliphatic heterocycles. The summed E-state index contributed by atoms with van der Waals surface area (Å²) in [7, 11) is 0. The second-order valence-corrected chi connectivity index (χ2v) is 7.08. The second-order valence-electron chi connectivity index (χ2n) is 7.08. The topological polar surface area (TPSA) is 118 Å². The average molecular weight is 392 g/mol. The second kappa shape index (κ2) is 7.08. The number of fused-ring (bicyclic) bond motifs is 1. The van der Waals surface area contributed by atoms with Gasteiger partial charge in [0.1, 0.15) is 0 Å². The number of hydrogen-bond donors (Lipinski definition) is 2. The van der Waals surface area contributed by atoms with Crippen LogP contribution in [0.3, 0.4) is 0 Å². The van der Waals surface area contributed by atoms with E-state index < -0.39 is 11.3 Å². The minimum Gasteiger partial charge on any atom is -0.319 e. The molecule has 1 saturated heterocycles. The lowest BCUT2D eigenvalue weighted by atomic mass is 9.72. The molecule has 2 aromatic heterocycles. The predicted molar refractivity (Wildman–Crippen MR) is 104 cm³/mol. The van der Waals surface area contributed by atoms with Crippen LogP contribution in [-0.4, -0.2) is 37.3 Å². The van der Waals surface area contributed by atoms with Crippen molar-refractivity contribution in [2.45, 2.75) is 38.5 Å². The first-order valence-electron chi connectivity index (χ1n) is 9.37. The lowest BCUT2D eigenvalue weighted by Gasteiger charge is -2.35. The van der Waals surface area contributed by atoms with E-state index in [0.717, 1.165) is 11.3 Å². The van der Waals surface area contributed by atoms with Crippen LogP contribution in [0.5, 0.6) is 0 Å². The fourth-order valence-electron chi connectivity index (χ4n) is 3.63. The van der Waals surface area contributed by atoms with E-state index in [9.17, 15) is 14.4 Å². The number of anilines is 1. The first-order valence-corrected chi connectivity index (χ1v) is 9.37. The maximum Gasteiger partial charge on any atom is 0.295 e. The van der Waals surface area contributed by atoms with Crippen LogP contribution in [0, 0.1) is 6.92 Å². The van der Waals surface area contributed by atoms with E-state index in [1.807, 2.05) is 13.8 Å². The number of piperidine rings is 1. The van der Waals surface area contributed by atoms with Crippen LogP contribution in [0.1, 0.15) is 48.1 Å². The number of nitrogens with zero attached hydrogens (tertiary/aromatic N) is 4. The van der Waals surface area contributed by atoms with Crippen molar-refractivity contribution in [3.05, 3.63) is 53.6 Å². The Bertz CT molecular complexity index is 1120. The minimum absolute atomic E-state index is 0.0195. The van der Waals surface area contributed by atoms with E-state index in [2.05, 4.69) is 25.7 Å². The molecule has 1 aliphatic rings. The average Bonchev–Trinajstić information content (AvgIpc) is 3.15. The molecule has 3 heterocycles. The molecule has 0 saturated carbocycles. The number of rotatable bonds is 4. The molecule has 9 nitrogen and oxygen atoms in total. The summed E-state index contributed by atoms with van der Waals surface area (Å²) in [5.41, 5.74) is 1.46. The highest BCUT2D eigenvalue weighted by molar-refractivity contribution is 6.04. The van der Waals surface area contributed by atoms with Gasteiger partial charge in [-0.05, 0) is 43.5 Å². The third kappa shape index (κ3) is 3.24. The number of carbonyl (C=O) groups is 3. The number of imide groups is 1. The van der Waals surface area contributed by atoms with Crippen molar-refractivity contribution in [1.29, 1.82) is 0 Å². The highest BCUT2D eigenvalue weighted by Crippen LogP contribution is 2.36. The smallest absolute Gasteiger partial charge is 0.295 e. The number of aryl methyl sites for hydroxylation is 1. The highest BCUT2D eigenvalue weighted by atomic mass is 16.2. The number of carbonyl (C=O) groups excluding carboxylic acids is 3. The van der Waals surface area contributed by atoms with Crippen LogP contribution in [0.4, 0.5) is 5.69 Å². The van der Waals surface area contributed by atoms with E-state index >= 15 is 0 Å². The summed E-state index contributed by atoms with van der Waals surface area (Å²) in [6.07, 6.45) is 2.97. The zero-order valence-corrected chi connectivity index (χ0v) is 16.1. The van der Waals surface area contributed by atoms with Crippen LogP contribution in [0.25, 0.3) is 5.78 Å². The van der Waals surface area contributed by atoms with E-state index in [-0.39, 0.29) is 17.6 Å². The van der Waals surface area contributed by atoms with E-state index in [1.165, 1.54) is 4.52 Å². The highest BCUT2D eigenvalue weighted by Gasteiger charge is 2.42. The van der Waals surface area contributed by atoms with Gasteiger partial charge in [-0.2, -0.15) is 4.98 Å². The van der Waals surface area contributed by atoms with Crippen molar-refractivity contribution in [2.75, 3.05) is 5.32 Å². The quantitative estimate of drug-likeness (QED) is 0.653. The molecule has 2 N–H and O–H groups in total. The molecule has 1 aromatic carbocycles. The molecule has 4 rings (SSSR count). The fraction of sp³-hybridized carbons (Fsp3) is 0.300. The summed E-state index contributed by atoms with van der Waals surface area (Å²) in [5.74, 6) is -0.592. The molecule has 0 radical (unpaired) electrons. The molecule has 9 heteroatoms. The molecule has 0 spiro atoms. The molecular formula is C20H20N6O3. The van der Waals surface area contributed by atoms with Crippen molar-refractivity contribution in [3.63, 3.8) is 0 Å². The molecule has 0 bridgehead atoms. The van der Waals surface area contributed by atoms with E-state index in [1.54, 1.807) is 36.5 Å². The molecule has 1 atom stereocenters. The van der Waals surface area contributed by atoms with Crippen molar-refractivity contribution < 1.29 is 14.4 Å². The molecule has 148 valence electrons. The van der Waals surface area contributed by atoms with Crippen LogP contribution >= 0.6 is 0 Å². The van der Waals surface area contributed by atoms with Crippen LogP contribution < -0.4 is 10.6 Å². The van der Waals surface area contributed by atoms with E-state index in [4.69, 9.17) is 0 Å². The Kier molecular flexibility index (Phi) is 4.57. The number of benzene rings is 1. The molecule has 1 unspecified atom stereocenters. The van der Waals surface area contributed by atoms with Crippen molar-refractivity contribution >= 4 is 29.2 Å². The van der Waals surface area contributed by atoms with Gasteiger partial charge in [-0.1, -0.05) is 19.1 Å². The lowest BCUT2D eigenvalue weighted by Crippen LogP contribution is -2.51. The van der Waals surface area contributed by atoms with Crippen molar-refractivity contribution in [1.82, 2.24) is 24.9 Å². The third-order valence-electron chi connectivity index (χ3n) is 5.40. The van der Waals surface area contributed by atoms with Gasteiger partial charge in [0, 0.05) is 24.0 Å². The number of amides is 3. The van der Waals surface area contributed by atoms with Gasteiger partial charge in [0.2, 0.25) is 17.6 Å². The van der Waals surface area contributed by atoms with Gasteiger partial charge in [-0.15, -0.1) is 5.10 Å². The van der Waals surface area contributed by atoms with Gasteiger partial charge in [0.05, 0.1) is 5.41 Å². The monoisotopic (exact) mass is 392 g/mol. The number of hydrogen-bond acceptors (Lipinski definition) is 6. The Morgan fingerprint density at radius 1 is 1.24 bits per heavy atom. The first-order chi connectivity index (χ1) is 13.9. The van der Waals surface area contributed by atoms with Gasteiger partial charge < -0.3 is 5.32 Å². The molecular weight excluding hydrogens is 372 g/mol. The SMILES string of the molecule is CCC1(c2ccc(NC(=O)c3nc4nccc(C)n4n3)cc2)CCC(=O)NC1=O. The third-order valence-corrected chi connectivity index (χ3v) is 5.40. The maximum atomic E-state index is 12.5. The summed E-state index contributed by atoms with van der Waals surface area (Å²) in [6.45, 7) is 3.78. The molecule has 1 fully saturated rings. The van der Waals surface area contributed by atoms with Gasteiger partial charge in [-0.25, -0.2) is 9.50 Å². The Morgan fingerprint density at radius 2 is 2.00 bits per heavy atom. The van der Waals surface area contributed by atoms with Gasteiger partial charge >= 0.3 is 0 Å². The molecule has 3 amide bonds. The zero-order chi connectivity index (χ0) is 20.6. The number of nitrogens with one attached hydrogen (secondary N) is 2. The Labute approximate surface area is 166 Å². The minimum atomic E-state index is -0.733. The first kappa shape index (κ1) is 18.7. The molecule has 0 aliphatic carbocycles. The summed E-state index contributed by atoms with van der Waals surface area (Å²) >= 11 is 0. The van der Waals surface area contributed by atoms with Crippen LogP contribution in [-0.2, 0) is 15.0 Å². The largest absolute Gasteiger partial charge is 0.319 e. The Hall–Kier alpha value is -3.62. The van der Waals surface area contributed by atoms with Crippen LogP contribution in [0.2, 0.25) is 0 Å². The Balaban J connectivity index is 1.54. The molecule has 29 heavy (non-hydrogen) atoms. The summed E-state index contributed by atoms with van der Waals surface area (Å²) in [4.78, 5) is 44.7. The van der Waals surface area contributed by atoms with Crippen LogP contribution in [0.15, 0.2) is 36.5 Å². The maximum absolute atomic E-state index is 12.5. The predicted octanol–water partition coefficient (Wildman–Crippen LogP) is 1.77. The fourth-order valence-corrected chi connectivity index (χ4v) is 3.63. The van der Waals surface area contributed by atoms with Gasteiger partial charge in [-0.3, -0.25) is 19.7 Å². The molecule has 3 aromatic rings. The normalized spacial score (nSPS) is 19.2. The summed E-state index contributed by atoms with van der Waals surface area (Å²) < 4.78 is 1.51. The number of aromatic nitrogens is 4. The lowest BCUT2D eigenvalue weighted by molar-refractivity contribution is -0.138. The Morgan fingerprint density at radius 3 is 2.66 bits per heavy atom. The summed E-state index contributed by atoms with van der Waals surface area (Å²) in [6, 6.07) is 8.84. The summed E-state index contributed by atoms with van der Waals surface area (Å²) in [5, 5.41) is 9.38.